The van der Waals surface area contributed by atoms with Crippen LogP contribution in [0.5, 0.6) is 11.8 Å². The highest BCUT2D eigenvalue weighted by Gasteiger charge is 2.34. The first-order valence-corrected chi connectivity index (χ1v) is 18.5. The molecule has 1 fully saturated rings. The zero-order chi connectivity index (χ0) is 39.0. The van der Waals surface area contributed by atoms with Gasteiger partial charge >= 0.3 is 0 Å². The van der Waals surface area contributed by atoms with Crippen LogP contribution in [0.2, 0.25) is 0 Å². The molecule has 2 aromatic heterocycles. The summed E-state index contributed by atoms with van der Waals surface area (Å²) in [6, 6.07) is 36.3. The van der Waals surface area contributed by atoms with Crippen LogP contribution in [0.1, 0.15) is 30.4 Å². The van der Waals surface area contributed by atoms with E-state index >= 15 is 0 Å². The first-order chi connectivity index (χ1) is 27.1. The van der Waals surface area contributed by atoms with E-state index in [1.807, 2.05) is 78.9 Å². The number of aromatic nitrogens is 2. The first kappa shape index (κ1) is 36.5. The van der Waals surface area contributed by atoms with Crippen LogP contribution in [0.15, 0.2) is 115 Å². The number of nitrogens with two attached hydrogens (primary N) is 2. The Morgan fingerprint density at radius 3 is 1.59 bits per heavy atom. The van der Waals surface area contributed by atoms with Crippen molar-refractivity contribution in [3.05, 3.63) is 132 Å². The van der Waals surface area contributed by atoms with E-state index in [-0.39, 0.29) is 36.4 Å². The maximum Gasteiger partial charge on any atom is 0.264 e. The maximum atomic E-state index is 13.5. The SMILES string of the molecule is CN1C(=O)COc2nc(-c3ccc(C4(N)CCC4)cc3)c(-c3ccc(F)cc3)cc21.CN1C(=O)COc2nc(-c3ccc(CN)cc3)c(-c3ccccc3)cc21. The summed E-state index contributed by atoms with van der Waals surface area (Å²) in [6.45, 7) is 0.465. The van der Waals surface area contributed by atoms with Crippen molar-refractivity contribution < 1.29 is 23.5 Å². The number of nitrogens with zero attached hydrogens (tertiary/aromatic N) is 4. The van der Waals surface area contributed by atoms with Crippen molar-refractivity contribution >= 4 is 23.2 Å². The molecule has 56 heavy (non-hydrogen) atoms. The van der Waals surface area contributed by atoms with Gasteiger partial charge in [0.25, 0.3) is 11.8 Å². The highest BCUT2D eigenvalue weighted by atomic mass is 19.1. The van der Waals surface area contributed by atoms with Crippen LogP contribution in [0.4, 0.5) is 15.8 Å². The van der Waals surface area contributed by atoms with E-state index in [0.717, 1.165) is 69.5 Å². The van der Waals surface area contributed by atoms with Crippen LogP contribution < -0.4 is 30.7 Å². The molecule has 4 N–H and O–H groups in total. The third kappa shape index (κ3) is 6.98. The van der Waals surface area contributed by atoms with Crippen molar-refractivity contribution in [2.45, 2.75) is 31.3 Å². The number of carbonyl (C=O) groups excluding carboxylic acids is 2. The molecule has 11 heteroatoms. The summed E-state index contributed by atoms with van der Waals surface area (Å²) < 4.78 is 24.7. The monoisotopic (exact) mass is 748 g/mol. The Morgan fingerprint density at radius 1 is 0.661 bits per heavy atom. The number of rotatable bonds is 6. The molecule has 1 saturated carbocycles. The first-order valence-electron chi connectivity index (χ1n) is 18.5. The Labute approximate surface area is 324 Å². The third-order valence-electron chi connectivity index (χ3n) is 10.8. The predicted octanol–water partition coefficient (Wildman–Crippen LogP) is 7.48. The second-order valence-electron chi connectivity index (χ2n) is 14.3. The number of hydrogen-bond donors (Lipinski definition) is 2. The van der Waals surface area contributed by atoms with Gasteiger partial charge in [-0.05, 0) is 65.8 Å². The number of benzene rings is 4. The second-order valence-corrected chi connectivity index (χ2v) is 14.3. The summed E-state index contributed by atoms with van der Waals surface area (Å²) in [7, 11) is 3.45. The molecule has 0 unspecified atom stereocenters. The lowest BCUT2D eigenvalue weighted by Gasteiger charge is -2.38. The van der Waals surface area contributed by atoms with Gasteiger partial charge in [0.05, 0.1) is 11.4 Å². The number of ether oxygens (including phenoxy) is 2. The second kappa shape index (κ2) is 15.0. The fraction of sp³-hybridized carbons (Fsp3) is 0.200. The Bertz CT molecular complexity index is 2420. The molecule has 282 valence electrons. The molecule has 9 rings (SSSR count). The molecule has 2 aliphatic heterocycles. The smallest absolute Gasteiger partial charge is 0.264 e. The minimum Gasteiger partial charge on any atom is -0.466 e. The van der Waals surface area contributed by atoms with Gasteiger partial charge in [0, 0.05) is 48.4 Å². The molecule has 6 aromatic rings. The Balaban J connectivity index is 0.000000159. The topological polar surface area (TPSA) is 137 Å². The molecule has 0 spiro atoms. The molecule has 4 heterocycles. The Hall–Kier alpha value is -6.43. The molecule has 1 aliphatic carbocycles. The highest BCUT2D eigenvalue weighted by Crippen LogP contribution is 2.43. The van der Waals surface area contributed by atoms with Crippen molar-refractivity contribution in [1.82, 2.24) is 9.97 Å². The average molecular weight is 749 g/mol. The molecule has 4 aromatic carbocycles. The van der Waals surface area contributed by atoms with Crippen LogP contribution >= 0.6 is 0 Å². The van der Waals surface area contributed by atoms with Gasteiger partial charge in [0.2, 0.25) is 11.8 Å². The molecular formula is C45H41FN6O4. The molecular weight excluding hydrogens is 708 g/mol. The predicted molar refractivity (Wildman–Crippen MR) is 216 cm³/mol. The number of hydrogen-bond acceptors (Lipinski definition) is 8. The molecule has 3 aliphatic rings. The average Bonchev–Trinajstić information content (AvgIpc) is 3.23. The van der Waals surface area contributed by atoms with E-state index in [4.69, 9.17) is 30.9 Å². The van der Waals surface area contributed by atoms with Gasteiger partial charge < -0.3 is 30.7 Å². The van der Waals surface area contributed by atoms with Gasteiger partial charge in [-0.2, -0.15) is 0 Å². The van der Waals surface area contributed by atoms with E-state index in [1.54, 1.807) is 36.0 Å². The lowest BCUT2D eigenvalue weighted by Crippen LogP contribution is -2.43. The van der Waals surface area contributed by atoms with E-state index in [1.165, 1.54) is 12.1 Å². The van der Waals surface area contributed by atoms with Crippen molar-refractivity contribution in [2.24, 2.45) is 11.5 Å². The lowest BCUT2D eigenvalue weighted by molar-refractivity contribution is -0.121. The van der Waals surface area contributed by atoms with Crippen molar-refractivity contribution in [1.29, 1.82) is 0 Å². The number of halogens is 1. The summed E-state index contributed by atoms with van der Waals surface area (Å²) in [5.74, 6) is 0.361. The molecule has 2 amide bonds. The summed E-state index contributed by atoms with van der Waals surface area (Å²) in [4.78, 5) is 36.7. The van der Waals surface area contributed by atoms with Crippen LogP contribution in [-0.2, 0) is 21.7 Å². The van der Waals surface area contributed by atoms with Gasteiger partial charge in [0.1, 0.15) is 17.2 Å². The molecule has 0 saturated heterocycles. The van der Waals surface area contributed by atoms with E-state index in [0.29, 0.717) is 35.4 Å². The van der Waals surface area contributed by atoms with Gasteiger partial charge in [-0.25, -0.2) is 14.4 Å². The fourth-order valence-corrected chi connectivity index (χ4v) is 7.12. The fourth-order valence-electron chi connectivity index (χ4n) is 7.12. The van der Waals surface area contributed by atoms with Crippen molar-refractivity contribution in [3.8, 4) is 56.5 Å². The number of anilines is 2. The summed E-state index contributed by atoms with van der Waals surface area (Å²) in [5, 5.41) is 0. The van der Waals surface area contributed by atoms with Crippen molar-refractivity contribution in [2.75, 3.05) is 37.1 Å². The van der Waals surface area contributed by atoms with Gasteiger partial charge in [-0.15, -0.1) is 0 Å². The number of pyridine rings is 2. The highest BCUT2D eigenvalue weighted by molar-refractivity contribution is 6.00. The quantitative estimate of drug-likeness (QED) is 0.179. The number of carbonyl (C=O) groups is 2. The van der Waals surface area contributed by atoms with E-state index in [2.05, 4.69) is 12.1 Å². The summed E-state index contributed by atoms with van der Waals surface area (Å²) in [6.07, 6.45) is 3.15. The van der Waals surface area contributed by atoms with Gasteiger partial charge in [-0.1, -0.05) is 91.0 Å². The summed E-state index contributed by atoms with van der Waals surface area (Å²) >= 11 is 0. The summed E-state index contributed by atoms with van der Waals surface area (Å²) in [5.41, 5.74) is 22.4. The molecule has 0 bridgehead atoms. The van der Waals surface area contributed by atoms with Crippen molar-refractivity contribution in [3.63, 3.8) is 0 Å². The van der Waals surface area contributed by atoms with Gasteiger partial charge in [-0.3, -0.25) is 9.59 Å². The number of fused-ring (bicyclic) bond motifs is 2. The largest absolute Gasteiger partial charge is 0.466 e. The zero-order valence-electron chi connectivity index (χ0n) is 31.2. The lowest BCUT2D eigenvalue weighted by atomic mass is 9.72. The van der Waals surface area contributed by atoms with E-state index < -0.39 is 0 Å². The third-order valence-corrected chi connectivity index (χ3v) is 10.8. The van der Waals surface area contributed by atoms with E-state index in [9.17, 15) is 14.0 Å². The van der Waals surface area contributed by atoms with Crippen LogP contribution in [0, 0.1) is 5.82 Å². The Kier molecular flexibility index (Phi) is 9.79. The van der Waals surface area contributed by atoms with Gasteiger partial charge in [0.15, 0.2) is 13.2 Å². The zero-order valence-corrected chi connectivity index (χ0v) is 31.2. The molecule has 10 nitrogen and oxygen atoms in total. The minimum atomic E-state index is -0.306. The number of likely N-dealkylation sites (N-methyl/N-ethyl adjacent to an activating group) is 2. The Morgan fingerprint density at radius 2 is 1.12 bits per heavy atom. The molecule has 0 radical (unpaired) electrons. The number of amides is 2. The molecule has 0 atom stereocenters. The normalized spacial score (nSPS) is 15.4. The minimum absolute atomic E-state index is 0.00668. The van der Waals surface area contributed by atoms with Crippen LogP contribution in [-0.4, -0.2) is 49.1 Å². The maximum absolute atomic E-state index is 13.5. The van der Waals surface area contributed by atoms with Crippen LogP contribution in [0.25, 0.3) is 44.8 Å². The van der Waals surface area contributed by atoms with Crippen LogP contribution in [0.3, 0.4) is 0 Å². The standard InChI is InChI=1S/C24H22FN3O2.C21H19N3O2/c1-28-20-13-19(15-5-9-18(25)10-6-15)22(27-23(20)30-14-21(28)29)16-3-7-17(8-4-16)24(26)11-2-12-24;1-24-18-11-17(15-5-3-2-4-6-15)20(23-21(18)26-13-19(24)25)16-9-7-14(12-22)8-10-16/h3-10,13H,2,11-12,14,26H2,1H3;2-11H,12-13,22H2,1H3.